The van der Waals surface area contributed by atoms with Gasteiger partial charge in [-0.25, -0.2) is 12.7 Å². The molecule has 0 radical (unpaired) electrons. The third-order valence-electron chi connectivity index (χ3n) is 6.32. The van der Waals surface area contributed by atoms with E-state index in [1.807, 2.05) is 13.0 Å². The minimum Gasteiger partial charge on any atom is -0.494 e. The average molecular weight is 567 g/mol. The van der Waals surface area contributed by atoms with Gasteiger partial charge in [-0.3, -0.25) is 9.55 Å². The standard InChI is InChI=1S/C27H30N6O6S/c1-6-14-32(40(35,36)18(3)25(34)20-12-11-19(15-28)16-29-20)27-31-30-26(23-13-10-17(2)39-23)33(27)24-21(37-4)8-7-9-22(24)38-5/h7-13,16,18,25,34H,6,14H2,1-5H3/t18-,25+/m0/s1. The highest BCUT2D eigenvalue weighted by Gasteiger charge is 2.39. The Morgan fingerprint density at radius 2 is 1.82 bits per heavy atom. The van der Waals surface area contributed by atoms with E-state index in [9.17, 15) is 13.5 Å². The lowest BCUT2D eigenvalue weighted by Gasteiger charge is -2.29. The largest absolute Gasteiger partial charge is 0.494 e. The summed E-state index contributed by atoms with van der Waals surface area (Å²) in [7, 11) is -1.29. The van der Waals surface area contributed by atoms with Crippen molar-refractivity contribution in [1.29, 1.82) is 5.26 Å². The number of ether oxygens (including phenoxy) is 2. The Hall–Kier alpha value is -4.41. The molecule has 1 aromatic carbocycles. The maximum atomic E-state index is 14.1. The first kappa shape index (κ1) is 28.6. The molecule has 0 amide bonds. The fourth-order valence-corrected chi connectivity index (χ4v) is 5.85. The Morgan fingerprint density at radius 1 is 1.12 bits per heavy atom. The molecule has 40 heavy (non-hydrogen) atoms. The van der Waals surface area contributed by atoms with Gasteiger partial charge in [0.1, 0.15) is 40.4 Å². The lowest BCUT2D eigenvalue weighted by Crippen LogP contribution is -2.42. The van der Waals surface area contributed by atoms with E-state index in [4.69, 9.17) is 19.2 Å². The maximum Gasteiger partial charge on any atom is 0.246 e. The smallest absolute Gasteiger partial charge is 0.246 e. The molecule has 0 aliphatic heterocycles. The van der Waals surface area contributed by atoms with Gasteiger partial charge in [0.15, 0.2) is 5.76 Å². The number of sulfonamides is 1. The van der Waals surface area contributed by atoms with Gasteiger partial charge in [-0.05, 0) is 56.7 Å². The maximum absolute atomic E-state index is 14.1. The first-order valence-corrected chi connectivity index (χ1v) is 14.0. The van der Waals surface area contributed by atoms with E-state index in [-0.39, 0.29) is 24.0 Å². The molecular formula is C27H30N6O6S. The highest BCUT2D eigenvalue weighted by atomic mass is 32.2. The molecule has 13 heteroatoms. The fraction of sp³-hybridized carbons (Fsp3) is 0.333. The molecule has 0 unspecified atom stereocenters. The van der Waals surface area contributed by atoms with Crippen molar-refractivity contribution in [3.63, 3.8) is 0 Å². The molecule has 0 spiro atoms. The van der Waals surface area contributed by atoms with Crippen LogP contribution >= 0.6 is 0 Å². The molecule has 4 rings (SSSR count). The zero-order chi connectivity index (χ0) is 29.0. The lowest BCUT2D eigenvalue weighted by atomic mass is 10.1. The summed E-state index contributed by atoms with van der Waals surface area (Å²) in [5.74, 6) is 1.93. The van der Waals surface area contributed by atoms with Gasteiger partial charge in [0, 0.05) is 12.7 Å². The third-order valence-corrected chi connectivity index (χ3v) is 8.48. The van der Waals surface area contributed by atoms with E-state index in [2.05, 4.69) is 15.2 Å². The van der Waals surface area contributed by atoms with Crippen LogP contribution in [0, 0.1) is 18.3 Å². The zero-order valence-corrected chi connectivity index (χ0v) is 23.6. The van der Waals surface area contributed by atoms with Gasteiger partial charge in [0.25, 0.3) is 0 Å². The van der Waals surface area contributed by atoms with Gasteiger partial charge in [-0.1, -0.05) is 13.0 Å². The van der Waals surface area contributed by atoms with Crippen LogP contribution in [0.5, 0.6) is 11.5 Å². The second-order valence-electron chi connectivity index (χ2n) is 8.93. The molecule has 0 bridgehead atoms. The van der Waals surface area contributed by atoms with Gasteiger partial charge in [0.2, 0.25) is 21.8 Å². The monoisotopic (exact) mass is 566 g/mol. The zero-order valence-electron chi connectivity index (χ0n) is 22.8. The Kier molecular flexibility index (Phi) is 8.41. The normalized spacial score (nSPS) is 12.9. The van der Waals surface area contributed by atoms with E-state index in [0.717, 1.165) is 4.31 Å². The van der Waals surface area contributed by atoms with Crippen molar-refractivity contribution >= 4 is 16.0 Å². The van der Waals surface area contributed by atoms with Crippen molar-refractivity contribution in [2.75, 3.05) is 25.1 Å². The van der Waals surface area contributed by atoms with Crippen LogP contribution in [-0.2, 0) is 10.0 Å². The molecule has 12 nitrogen and oxygen atoms in total. The molecule has 0 aliphatic rings. The number of nitrogens with zero attached hydrogens (tertiary/aromatic N) is 6. The second-order valence-corrected chi connectivity index (χ2v) is 11.1. The Morgan fingerprint density at radius 3 is 2.35 bits per heavy atom. The van der Waals surface area contributed by atoms with Gasteiger partial charge in [0.05, 0.1) is 25.5 Å². The van der Waals surface area contributed by atoms with Crippen LogP contribution in [0.3, 0.4) is 0 Å². The summed E-state index contributed by atoms with van der Waals surface area (Å²) in [4.78, 5) is 4.08. The van der Waals surface area contributed by atoms with E-state index in [0.29, 0.717) is 40.7 Å². The summed E-state index contributed by atoms with van der Waals surface area (Å²) in [5.41, 5.74) is 0.777. The number of pyridine rings is 1. The number of anilines is 1. The Bertz CT molecular complexity index is 1600. The average Bonchev–Trinajstić information content (AvgIpc) is 3.60. The van der Waals surface area contributed by atoms with Crippen LogP contribution in [0.25, 0.3) is 17.3 Å². The van der Waals surface area contributed by atoms with Crippen LogP contribution in [0.4, 0.5) is 5.95 Å². The summed E-state index contributed by atoms with van der Waals surface area (Å²) in [6.45, 7) is 5.03. The van der Waals surface area contributed by atoms with Gasteiger partial charge in [-0.15, -0.1) is 10.2 Å². The van der Waals surface area contributed by atoms with E-state index < -0.39 is 21.4 Å². The van der Waals surface area contributed by atoms with Crippen molar-refractivity contribution in [1.82, 2.24) is 19.7 Å². The summed E-state index contributed by atoms with van der Waals surface area (Å²) in [5, 5.41) is 27.4. The number of benzene rings is 1. The molecule has 3 aromatic heterocycles. The SMILES string of the molecule is CCCN(c1nnc(-c2ccc(C)o2)n1-c1c(OC)cccc1OC)S(=O)(=O)[C@@H](C)[C@@H](O)c1ccc(C#N)cn1. The van der Waals surface area contributed by atoms with Crippen LogP contribution in [0.2, 0.25) is 0 Å². The van der Waals surface area contributed by atoms with Gasteiger partial charge < -0.3 is 19.0 Å². The number of para-hydroxylation sites is 1. The minimum absolute atomic E-state index is 0.0347. The number of aliphatic hydroxyl groups is 1. The van der Waals surface area contributed by atoms with E-state index >= 15 is 0 Å². The molecule has 0 saturated heterocycles. The number of aromatic nitrogens is 4. The van der Waals surface area contributed by atoms with Crippen molar-refractivity contribution in [2.45, 2.75) is 38.5 Å². The predicted octanol–water partition coefficient (Wildman–Crippen LogP) is 3.79. The Balaban J connectivity index is 1.91. The van der Waals surface area contributed by atoms with E-state index in [1.165, 1.54) is 44.0 Å². The highest BCUT2D eigenvalue weighted by Crippen LogP contribution is 2.40. The fourth-order valence-electron chi connectivity index (χ4n) is 4.20. The quantitative estimate of drug-likeness (QED) is 0.283. The van der Waals surface area contributed by atoms with Crippen molar-refractivity contribution in [3.8, 4) is 34.8 Å². The van der Waals surface area contributed by atoms with Crippen LogP contribution < -0.4 is 13.8 Å². The number of aryl methyl sites for hydroxylation is 1. The van der Waals surface area contributed by atoms with E-state index in [1.54, 1.807) is 37.3 Å². The van der Waals surface area contributed by atoms with Crippen molar-refractivity contribution in [3.05, 3.63) is 65.7 Å². The van der Waals surface area contributed by atoms with Gasteiger partial charge in [-0.2, -0.15) is 5.26 Å². The van der Waals surface area contributed by atoms with Crippen LogP contribution in [0.1, 0.15) is 43.4 Å². The summed E-state index contributed by atoms with van der Waals surface area (Å²) in [6, 6.07) is 13.5. The first-order chi connectivity index (χ1) is 19.2. The molecule has 0 saturated carbocycles. The van der Waals surface area contributed by atoms with Crippen LogP contribution in [0.15, 0.2) is 53.1 Å². The third kappa shape index (κ3) is 5.23. The molecule has 4 aromatic rings. The molecule has 0 fully saturated rings. The molecule has 210 valence electrons. The highest BCUT2D eigenvalue weighted by molar-refractivity contribution is 7.93. The first-order valence-electron chi connectivity index (χ1n) is 12.5. The molecule has 2 atom stereocenters. The molecule has 1 N–H and O–H groups in total. The molecule has 0 aliphatic carbocycles. The van der Waals surface area contributed by atoms with Gasteiger partial charge >= 0.3 is 0 Å². The summed E-state index contributed by atoms with van der Waals surface area (Å²) < 4.78 is 48.0. The second kappa shape index (κ2) is 11.8. The molecule has 3 heterocycles. The topological polar surface area (TPSA) is 157 Å². The number of hydrogen-bond acceptors (Lipinski definition) is 10. The number of rotatable bonds is 11. The molecular weight excluding hydrogens is 536 g/mol. The van der Waals surface area contributed by atoms with Crippen molar-refractivity contribution in [2.24, 2.45) is 0 Å². The Labute approximate surface area is 232 Å². The number of methoxy groups -OCH3 is 2. The van der Waals surface area contributed by atoms with Crippen LogP contribution in [-0.4, -0.2) is 59.3 Å². The number of hydrogen-bond donors (Lipinski definition) is 1. The summed E-state index contributed by atoms with van der Waals surface area (Å²) in [6.07, 6.45) is 0.230. The lowest BCUT2D eigenvalue weighted by molar-refractivity contribution is 0.171. The summed E-state index contributed by atoms with van der Waals surface area (Å²) >= 11 is 0. The number of furan rings is 1. The number of aliphatic hydroxyl groups excluding tert-OH is 1. The van der Waals surface area contributed by atoms with Crippen molar-refractivity contribution < 1.29 is 27.4 Å². The minimum atomic E-state index is -4.27. The number of nitriles is 1. The predicted molar refractivity (Wildman–Crippen MR) is 147 cm³/mol.